The average molecular weight is 388 g/mol. The molecule has 1 aliphatic rings. The van der Waals surface area contributed by atoms with E-state index in [0.29, 0.717) is 22.9 Å². The van der Waals surface area contributed by atoms with Crippen molar-refractivity contribution in [3.05, 3.63) is 58.6 Å². The second kappa shape index (κ2) is 8.22. The molecule has 4 nitrogen and oxygen atoms in total. The van der Waals surface area contributed by atoms with Gasteiger partial charge in [0.2, 0.25) is 0 Å². The van der Waals surface area contributed by atoms with Crippen molar-refractivity contribution in [1.29, 1.82) is 0 Å². The van der Waals surface area contributed by atoms with Crippen LogP contribution in [0.25, 0.3) is 0 Å². The summed E-state index contributed by atoms with van der Waals surface area (Å²) >= 11 is 6.24. The predicted octanol–water partition coefficient (Wildman–Crippen LogP) is 5.55. The van der Waals surface area contributed by atoms with E-state index in [2.05, 4.69) is 19.2 Å². The van der Waals surface area contributed by atoms with Gasteiger partial charge in [-0.2, -0.15) is 0 Å². The van der Waals surface area contributed by atoms with E-state index in [1.807, 2.05) is 31.2 Å². The zero-order chi connectivity index (χ0) is 19.4. The van der Waals surface area contributed by atoms with Gasteiger partial charge in [-0.25, -0.2) is 0 Å². The van der Waals surface area contributed by atoms with E-state index in [0.717, 1.165) is 30.6 Å². The molecular weight excluding hydrogens is 362 g/mol. The summed E-state index contributed by atoms with van der Waals surface area (Å²) in [5.74, 6) is 1.29. The maximum absolute atomic E-state index is 12.9. The van der Waals surface area contributed by atoms with E-state index < -0.39 is 0 Å². The summed E-state index contributed by atoms with van der Waals surface area (Å²) in [7, 11) is 0. The van der Waals surface area contributed by atoms with Crippen LogP contribution in [0.2, 0.25) is 5.02 Å². The fourth-order valence-corrected chi connectivity index (χ4v) is 3.82. The van der Waals surface area contributed by atoms with Gasteiger partial charge in [0.15, 0.2) is 0 Å². The highest BCUT2D eigenvalue weighted by Gasteiger charge is 2.39. The molecule has 144 valence electrons. The Balaban J connectivity index is 1.85. The van der Waals surface area contributed by atoms with Gasteiger partial charge in [0.05, 0.1) is 17.7 Å². The third kappa shape index (κ3) is 4.06. The molecule has 1 aliphatic heterocycles. The van der Waals surface area contributed by atoms with Crippen molar-refractivity contribution in [3.8, 4) is 11.5 Å². The summed E-state index contributed by atoms with van der Waals surface area (Å²) in [6, 6.07) is 13.0. The number of hydrogen-bond acceptors (Lipinski definition) is 3. The minimum absolute atomic E-state index is 0.104. The van der Waals surface area contributed by atoms with E-state index in [9.17, 15) is 4.79 Å². The fourth-order valence-electron chi connectivity index (χ4n) is 3.59. The summed E-state index contributed by atoms with van der Waals surface area (Å²) < 4.78 is 11.8. The molecule has 0 aliphatic carbocycles. The van der Waals surface area contributed by atoms with Crippen LogP contribution in [0.5, 0.6) is 11.5 Å². The van der Waals surface area contributed by atoms with E-state index in [1.54, 1.807) is 18.2 Å². The maximum atomic E-state index is 12.9. The van der Waals surface area contributed by atoms with Gasteiger partial charge in [-0.1, -0.05) is 43.6 Å². The Morgan fingerprint density at radius 3 is 2.63 bits per heavy atom. The minimum atomic E-state index is -0.261. The molecule has 0 saturated carbocycles. The average Bonchev–Trinajstić information content (AvgIpc) is 2.69. The molecule has 5 heteroatoms. The van der Waals surface area contributed by atoms with Gasteiger partial charge >= 0.3 is 0 Å². The van der Waals surface area contributed by atoms with Crippen LogP contribution >= 0.6 is 11.6 Å². The van der Waals surface area contributed by atoms with Gasteiger partial charge in [-0.15, -0.1) is 0 Å². The molecular formula is C22H26ClNO3. The lowest BCUT2D eigenvalue weighted by atomic mass is 9.83. The second-order valence-corrected chi connectivity index (χ2v) is 7.25. The first-order valence-electron chi connectivity index (χ1n) is 9.53. The van der Waals surface area contributed by atoms with Crippen LogP contribution in [0.4, 0.5) is 0 Å². The zero-order valence-electron chi connectivity index (χ0n) is 16.0. The van der Waals surface area contributed by atoms with Crippen molar-refractivity contribution in [2.75, 3.05) is 6.61 Å². The number of nitrogens with one attached hydrogen (secondary N) is 1. The number of rotatable bonds is 6. The highest BCUT2D eigenvalue weighted by Crippen LogP contribution is 2.42. The highest BCUT2D eigenvalue weighted by molar-refractivity contribution is 6.32. The third-order valence-electron chi connectivity index (χ3n) is 5.28. The Bertz CT molecular complexity index is 817. The normalized spacial score (nSPS) is 17.6. The smallest absolute Gasteiger partial charge is 0.251 e. The number of carbonyl (C=O) groups excluding carboxylic acids is 1. The second-order valence-electron chi connectivity index (χ2n) is 6.84. The van der Waals surface area contributed by atoms with Crippen molar-refractivity contribution in [2.24, 2.45) is 0 Å². The Morgan fingerprint density at radius 1 is 1.22 bits per heavy atom. The molecule has 2 aromatic rings. The number of hydrogen-bond donors (Lipinski definition) is 1. The van der Waals surface area contributed by atoms with Crippen LogP contribution in [-0.4, -0.2) is 18.1 Å². The third-order valence-corrected chi connectivity index (χ3v) is 5.58. The van der Waals surface area contributed by atoms with Gasteiger partial charge in [-0.3, -0.25) is 4.79 Å². The SMILES string of the molecule is CCOc1ccc(C(=O)N[C@H]2CC(CC)(CC)Oc3ccccc32)cc1Cl. The summed E-state index contributed by atoms with van der Waals surface area (Å²) in [6.07, 6.45) is 2.52. The van der Waals surface area contributed by atoms with Crippen LogP contribution in [0, 0.1) is 0 Å². The van der Waals surface area contributed by atoms with Gasteiger partial charge in [0.1, 0.15) is 17.1 Å². The topological polar surface area (TPSA) is 47.6 Å². The summed E-state index contributed by atoms with van der Waals surface area (Å²) in [6.45, 7) is 6.68. The molecule has 27 heavy (non-hydrogen) atoms. The summed E-state index contributed by atoms with van der Waals surface area (Å²) in [4.78, 5) is 12.9. The maximum Gasteiger partial charge on any atom is 0.251 e. The number of amides is 1. The lowest BCUT2D eigenvalue weighted by molar-refractivity contribution is 0.0227. The highest BCUT2D eigenvalue weighted by atomic mass is 35.5. The Kier molecular flexibility index (Phi) is 5.95. The van der Waals surface area contributed by atoms with Gasteiger partial charge < -0.3 is 14.8 Å². The molecule has 0 radical (unpaired) electrons. The molecule has 2 aromatic carbocycles. The van der Waals surface area contributed by atoms with Gasteiger partial charge in [0.25, 0.3) is 5.91 Å². The molecule has 0 aromatic heterocycles. The Morgan fingerprint density at radius 2 is 1.96 bits per heavy atom. The molecule has 0 saturated heterocycles. The van der Waals surface area contributed by atoms with Crippen LogP contribution in [0.1, 0.15) is 62.0 Å². The van der Waals surface area contributed by atoms with E-state index >= 15 is 0 Å². The number of fused-ring (bicyclic) bond motifs is 1. The van der Waals surface area contributed by atoms with Gasteiger partial charge in [-0.05, 0) is 44.0 Å². The standard InChI is InChI=1S/C22H26ClNO3/c1-4-22(5-2)14-18(16-9-7-8-10-19(16)27-22)24-21(25)15-11-12-20(26-6-3)17(23)13-15/h7-13,18H,4-6,14H2,1-3H3,(H,24,25)/t18-/m0/s1. The van der Waals surface area contributed by atoms with Crippen LogP contribution in [-0.2, 0) is 0 Å². The monoisotopic (exact) mass is 387 g/mol. The first-order valence-corrected chi connectivity index (χ1v) is 9.91. The Labute approximate surface area is 165 Å². The molecule has 1 heterocycles. The van der Waals surface area contributed by atoms with E-state index in [1.165, 1.54) is 0 Å². The molecule has 3 rings (SSSR count). The lowest BCUT2D eigenvalue weighted by Gasteiger charge is -2.41. The molecule has 1 N–H and O–H groups in total. The number of para-hydroxylation sites is 1. The fraction of sp³-hybridized carbons (Fsp3) is 0.409. The van der Waals surface area contributed by atoms with E-state index in [4.69, 9.17) is 21.1 Å². The molecule has 0 fully saturated rings. The number of ether oxygens (including phenoxy) is 2. The van der Waals surface area contributed by atoms with Crippen molar-refractivity contribution in [2.45, 2.75) is 51.7 Å². The Hall–Kier alpha value is -2.20. The molecule has 1 amide bonds. The van der Waals surface area contributed by atoms with Crippen molar-refractivity contribution in [1.82, 2.24) is 5.32 Å². The number of halogens is 1. The summed E-state index contributed by atoms with van der Waals surface area (Å²) in [5.41, 5.74) is 1.27. The lowest BCUT2D eigenvalue weighted by Crippen LogP contribution is -2.44. The minimum Gasteiger partial charge on any atom is -0.492 e. The molecule has 0 spiro atoms. The first-order chi connectivity index (χ1) is 13.0. The van der Waals surface area contributed by atoms with Crippen molar-refractivity contribution < 1.29 is 14.3 Å². The van der Waals surface area contributed by atoms with Crippen molar-refractivity contribution in [3.63, 3.8) is 0 Å². The number of benzene rings is 2. The molecule has 0 bridgehead atoms. The van der Waals surface area contributed by atoms with Gasteiger partial charge in [0, 0.05) is 17.5 Å². The van der Waals surface area contributed by atoms with Crippen LogP contribution in [0.15, 0.2) is 42.5 Å². The zero-order valence-corrected chi connectivity index (χ0v) is 16.8. The molecule has 0 unspecified atom stereocenters. The summed E-state index contributed by atoms with van der Waals surface area (Å²) in [5, 5.41) is 3.61. The van der Waals surface area contributed by atoms with Crippen LogP contribution < -0.4 is 14.8 Å². The van der Waals surface area contributed by atoms with Crippen LogP contribution in [0.3, 0.4) is 0 Å². The van der Waals surface area contributed by atoms with E-state index in [-0.39, 0.29) is 17.6 Å². The quantitative estimate of drug-likeness (QED) is 0.706. The van der Waals surface area contributed by atoms with Crippen molar-refractivity contribution >= 4 is 17.5 Å². The predicted molar refractivity (Wildman–Crippen MR) is 108 cm³/mol. The largest absolute Gasteiger partial charge is 0.492 e. The first kappa shape index (κ1) is 19.6. The molecule has 1 atom stereocenters. The number of carbonyl (C=O) groups is 1.